The Hall–Kier alpha value is -2.97. The Bertz CT molecular complexity index is 969. The molecule has 0 aliphatic rings. The average molecular weight is 399 g/mol. The second-order valence-corrected chi connectivity index (χ2v) is 6.38. The van der Waals surface area contributed by atoms with Crippen LogP contribution in [0.3, 0.4) is 0 Å². The van der Waals surface area contributed by atoms with Crippen LogP contribution in [0, 0.1) is 6.92 Å². The molecule has 1 heterocycles. The lowest BCUT2D eigenvalue weighted by Gasteiger charge is -2.13. The largest absolute Gasteiger partial charge is 0.416 e. The molecule has 28 heavy (non-hydrogen) atoms. The van der Waals surface area contributed by atoms with Gasteiger partial charge in [0.25, 0.3) is 0 Å². The summed E-state index contributed by atoms with van der Waals surface area (Å²) in [6.45, 7) is 2.13. The zero-order valence-electron chi connectivity index (χ0n) is 14.6. The van der Waals surface area contributed by atoms with Gasteiger partial charge in [0.15, 0.2) is 0 Å². The van der Waals surface area contributed by atoms with Crippen molar-refractivity contribution in [2.45, 2.75) is 25.8 Å². The third-order valence-electron chi connectivity index (χ3n) is 4.20. The lowest BCUT2D eigenvalue weighted by molar-refractivity contribution is -0.143. The number of halogens is 6. The molecule has 0 fully saturated rings. The Morgan fingerprint density at radius 3 is 2.04 bits per heavy atom. The molecule has 0 spiro atoms. The van der Waals surface area contributed by atoms with Crippen molar-refractivity contribution in [2.24, 2.45) is 0 Å². The molecule has 0 saturated carbocycles. The molecule has 3 rings (SSSR count). The van der Waals surface area contributed by atoms with E-state index in [0.717, 1.165) is 11.1 Å². The fraction of sp³-hybridized carbons (Fsp3) is 0.211. The molecular weight excluding hydrogens is 384 g/mol. The van der Waals surface area contributed by atoms with Crippen molar-refractivity contribution >= 4 is 5.69 Å². The van der Waals surface area contributed by atoms with Gasteiger partial charge in [0.1, 0.15) is 0 Å². The van der Waals surface area contributed by atoms with E-state index in [0.29, 0.717) is 24.4 Å². The van der Waals surface area contributed by atoms with Crippen LogP contribution in [0.2, 0.25) is 0 Å². The summed E-state index contributed by atoms with van der Waals surface area (Å²) in [4.78, 5) is 0. The van der Waals surface area contributed by atoms with Crippen LogP contribution >= 0.6 is 0 Å². The molecule has 3 aromatic rings. The minimum atomic E-state index is -4.90. The highest BCUT2D eigenvalue weighted by Gasteiger charge is 2.37. The highest BCUT2D eigenvalue weighted by molar-refractivity contribution is 5.61. The monoisotopic (exact) mass is 399 g/mol. The van der Waals surface area contributed by atoms with Gasteiger partial charge in [0.05, 0.1) is 23.4 Å². The molecule has 0 radical (unpaired) electrons. The van der Waals surface area contributed by atoms with Crippen LogP contribution < -0.4 is 5.73 Å². The number of nitrogens with zero attached hydrogens (tertiary/aromatic N) is 2. The summed E-state index contributed by atoms with van der Waals surface area (Å²) in [5.41, 5.74) is 5.09. The van der Waals surface area contributed by atoms with E-state index in [2.05, 4.69) is 5.10 Å². The molecule has 0 aliphatic carbocycles. The lowest BCUT2D eigenvalue weighted by Crippen LogP contribution is -2.11. The molecule has 1 aromatic heterocycles. The first-order valence-corrected chi connectivity index (χ1v) is 8.12. The standard InChI is InChI=1S/C19H15F6N3/c1-11-6-12(2-3-16(11)26)10-28-5-4-17(27-28)13-7-14(18(20,21)22)9-15(8-13)19(23,24)25/h2-9H,10,26H2,1H3. The van der Waals surface area contributed by atoms with Crippen LogP contribution in [0.25, 0.3) is 11.3 Å². The maximum atomic E-state index is 13.0. The van der Waals surface area contributed by atoms with E-state index in [-0.39, 0.29) is 17.3 Å². The van der Waals surface area contributed by atoms with Crippen molar-refractivity contribution in [3.8, 4) is 11.3 Å². The molecule has 9 heteroatoms. The maximum Gasteiger partial charge on any atom is 0.416 e. The van der Waals surface area contributed by atoms with Crippen LogP contribution in [-0.2, 0) is 18.9 Å². The van der Waals surface area contributed by atoms with E-state index >= 15 is 0 Å². The molecule has 0 aliphatic heterocycles. The highest BCUT2D eigenvalue weighted by atomic mass is 19.4. The molecule has 148 valence electrons. The van der Waals surface area contributed by atoms with Crippen molar-refractivity contribution < 1.29 is 26.3 Å². The minimum Gasteiger partial charge on any atom is -0.399 e. The molecule has 2 N–H and O–H groups in total. The number of aromatic nitrogens is 2. The first kappa shape index (κ1) is 19.8. The van der Waals surface area contributed by atoms with Crippen molar-refractivity contribution in [1.29, 1.82) is 0 Å². The number of alkyl halides is 6. The van der Waals surface area contributed by atoms with Gasteiger partial charge in [0.2, 0.25) is 0 Å². The Balaban J connectivity index is 1.96. The normalized spacial score (nSPS) is 12.4. The fourth-order valence-electron chi connectivity index (χ4n) is 2.73. The Morgan fingerprint density at radius 2 is 1.50 bits per heavy atom. The lowest BCUT2D eigenvalue weighted by atomic mass is 10.0. The summed E-state index contributed by atoms with van der Waals surface area (Å²) in [5, 5.41) is 4.12. The molecule has 0 unspecified atom stereocenters. The minimum absolute atomic E-state index is 0.0174. The van der Waals surface area contributed by atoms with Crippen LogP contribution in [-0.4, -0.2) is 9.78 Å². The Kier molecular flexibility index (Phi) is 4.86. The molecule has 0 bridgehead atoms. The number of nitrogen functional groups attached to an aromatic ring is 1. The highest BCUT2D eigenvalue weighted by Crippen LogP contribution is 2.38. The van der Waals surface area contributed by atoms with Crippen LogP contribution in [0.1, 0.15) is 22.3 Å². The number of benzene rings is 2. The van der Waals surface area contributed by atoms with E-state index in [1.807, 2.05) is 13.0 Å². The predicted octanol–water partition coefficient (Wildman–Crippen LogP) is 5.53. The van der Waals surface area contributed by atoms with Gasteiger partial charge in [-0.05, 0) is 48.4 Å². The van der Waals surface area contributed by atoms with E-state index in [9.17, 15) is 26.3 Å². The molecular formula is C19H15F6N3. The summed E-state index contributed by atoms with van der Waals surface area (Å²) >= 11 is 0. The van der Waals surface area contributed by atoms with E-state index in [1.54, 1.807) is 12.1 Å². The molecule has 0 amide bonds. The number of nitrogens with two attached hydrogens (primary N) is 1. The molecule has 0 saturated heterocycles. The van der Waals surface area contributed by atoms with Crippen molar-refractivity contribution in [2.75, 3.05) is 5.73 Å². The molecule has 2 aromatic carbocycles. The number of aryl methyl sites for hydroxylation is 1. The van der Waals surface area contributed by atoms with E-state index in [4.69, 9.17) is 5.73 Å². The van der Waals surface area contributed by atoms with Crippen molar-refractivity contribution in [1.82, 2.24) is 9.78 Å². The van der Waals surface area contributed by atoms with Gasteiger partial charge < -0.3 is 5.73 Å². The van der Waals surface area contributed by atoms with Crippen molar-refractivity contribution in [3.63, 3.8) is 0 Å². The van der Waals surface area contributed by atoms with Crippen LogP contribution in [0.5, 0.6) is 0 Å². The zero-order chi connectivity index (χ0) is 20.7. The average Bonchev–Trinajstić information content (AvgIpc) is 3.05. The Morgan fingerprint density at radius 1 is 0.893 bits per heavy atom. The van der Waals surface area contributed by atoms with E-state index < -0.39 is 23.5 Å². The smallest absolute Gasteiger partial charge is 0.399 e. The number of hydrogen-bond acceptors (Lipinski definition) is 2. The summed E-state index contributed by atoms with van der Waals surface area (Å²) in [6.07, 6.45) is -8.31. The van der Waals surface area contributed by atoms with Crippen molar-refractivity contribution in [3.05, 3.63) is 70.9 Å². The zero-order valence-corrected chi connectivity index (χ0v) is 14.6. The van der Waals surface area contributed by atoms with Crippen LogP contribution in [0.4, 0.5) is 32.0 Å². The van der Waals surface area contributed by atoms with Gasteiger partial charge >= 0.3 is 12.4 Å². The number of rotatable bonds is 3. The van der Waals surface area contributed by atoms with Gasteiger partial charge in [-0.25, -0.2) is 0 Å². The SMILES string of the molecule is Cc1cc(Cn2ccc(-c3cc(C(F)(F)F)cc(C(F)(F)F)c3)n2)ccc1N. The summed E-state index contributed by atoms with van der Waals surface area (Å²) in [6, 6.07) is 8.12. The van der Waals surface area contributed by atoms with Gasteiger partial charge in [-0.2, -0.15) is 31.4 Å². The fourth-order valence-corrected chi connectivity index (χ4v) is 2.73. The topological polar surface area (TPSA) is 43.8 Å². The predicted molar refractivity (Wildman–Crippen MR) is 92.4 cm³/mol. The summed E-state index contributed by atoms with van der Waals surface area (Å²) in [5.74, 6) is 0. The van der Waals surface area contributed by atoms with Gasteiger partial charge in [0, 0.05) is 17.4 Å². The first-order chi connectivity index (χ1) is 12.9. The van der Waals surface area contributed by atoms with E-state index in [1.165, 1.54) is 16.9 Å². The number of hydrogen-bond donors (Lipinski definition) is 1. The summed E-state index contributed by atoms with van der Waals surface area (Å²) < 4.78 is 79.5. The third kappa shape index (κ3) is 4.29. The maximum absolute atomic E-state index is 13.0. The van der Waals surface area contributed by atoms with Crippen LogP contribution in [0.15, 0.2) is 48.7 Å². The quantitative estimate of drug-likeness (QED) is 0.465. The van der Waals surface area contributed by atoms with Gasteiger partial charge in [-0.15, -0.1) is 0 Å². The first-order valence-electron chi connectivity index (χ1n) is 8.12. The number of anilines is 1. The summed E-state index contributed by atoms with van der Waals surface area (Å²) in [7, 11) is 0. The van der Waals surface area contributed by atoms with Gasteiger partial charge in [-0.1, -0.05) is 12.1 Å². The van der Waals surface area contributed by atoms with Gasteiger partial charge in [-0.3, -0.25) is 4.68 Å². The Labute approximate surface area is 156 Å². The molecule has 3 nitrogen and oxygen atoms in total. The second kappa shape index (κ2) is 6.88. The second-order valence-electron chi connectivity index (χ2n) is 6.38. The third-order valence-corrected chi connectivity index (χ3v) is 4.20. The molecule has 0 atom stereocenters.